The molecule has 3 rings (SSSR count). The van der Waals surface area contributed by atoms with Crippen LogP contribution in [0.2, 0.25) is 0 Å². The summed E-state index contributed by atoms with van der Waals surface area (Å²) >= 11 is 0. The van der Waals surface area contributed by atoms with E-state index in [1.54, 1.807) is 12.1 Å². The lowest BCUT2D eigenvalue weighted by molar-refractivity contribution is -0.159. The summed E-state index contributed by atoms with van der Waals surface area (Å²) in [7, 11) is 0. The van der Waals surface area contributed by atoms with Gasteiger partial charge in [0.25, 0.3) is 0 Å². The number of nitrogens with zero attached hydrogens (tertiary/aromatic N) is 2. The summed E-state index contributed by atoms with van der Waals surface area (Å²) in [6.07, 6.45) is 7.18. The first-order valence-electron chi connectivity index (χ1n) is 10.8. The molecule has 8 nitrogen and oxygen atoms in total. The van der Waals surface area contributed by atoms with E-state index in [1.807, 2.05) is 0 Å². The van der Waals surface area contributed by atoms with Crippen LogP contribution in [0.3, 0.4) is 0 Å². The number of nitrogens with one attached hydrogen (secondary N) is 1. The van der Waals surface area contributed by atoms with Crippen molar-refractivity contribution in [3.05, 3.63) is 35.6 Å². The third-order valence-corrected chi connectivity index (χ3v) is 5.66. The zero-order chi connectivity index (χ0) is 22.6. The van der Waals surface area contributed by atoms with E-state index in [-0.39, 0.29) is 11.7 Å². The summed E-state index contributed by atoms with van der Waals surface area (Å²) in [6.45, 7) is 5.66. The first-order chi connectivity index (χ1) is 14.8. The number of hydrogen-bond acceptors (Lipinski definition) is 5. The van der Waals surface area contributed by atoms with Gasteiger partial charge in [0.05, 0.1) is 6.54 Å². The zero-order valence-electron chi connectivity index (χ0n) is 17.8. The second kappa shape index (κ2) is 13.0. The lowest BCUT2D eigenvalue weighted by atomic mass is 10.00. The fraction of sp³-hybridized carbons (Fsp3) is 0.591. The van der Waals surface area contributed by atoms with E-state index in [2.05, 4.69) is 15.1 Å². The summed E-state index contributed by atoms with van der Waals surface area (Å²) < 4.78 is 12.9. The Balaban J connectivity index is 0.000000501. The molecular weight excluding hydrogens is 405 g/mol. The van der Waals surface area contributed by atoms with Crippen molar-refractivity contribution in [3.8, 4) is 0 Å². The Bertz CT molecular complexity index is 702. The van der Waals surface area contributed by atoms with Crippen molar-refractivity contribution in [1.29, 1.82) is 0 Å². The number of likely N-dealkylation sites (tertiary alicyclic amines) is 2. The molecular formula is C22H32FN3O5. The smallest absolute Gasteiger partial charge is 0.414 e. The molecule has 1 aromatic carbocycles. The van der Waals surface area contributed by atoms with E-state index in [1.165, 1.54) is 57.3 Å². The molecule has 2 saturated heterocycles. The van der Waals surface area contributed by atoms with Crippen LogP contribution >= 0.6 is 0 Å². The van der Waals surface area contributed by atoms with E-state index in [9.17, 15) is 9.18 Å². The summed E-state index contributed by atoms with van der Waals surface area (Å²) in [6, 6.07) is 7.19. The van der Waals surface area contributed by atoms with Crippen molar-refractivity contribution < 1.29 is 29.0 Å². The Kier molecular flexibility index (Phi) is 10.4. The summed E-state index contributed by atoms with van der Waals surface area (Å²) in [4.78, 5) is 35.2. The largest absolute Gasteiger partial charge is 0.473 e. The van der Waals surface area contributed by atoms with Gasteiger partial charge in [0.1, 0.15) is 5.82 Å². The van der Waals surface area contributed by atoms with Crippen molar-refractivity contribution in [2.24, 2.45) is 0 Å². The highest BCUT2D eigenvalue weighted by Crippen LogP contribution is 2.20. The van der Waals surface area contributed by atoms with Crippen LogP contribution in [0.15, 0.2) is 24.3 Å². The van der Waals surface area contributed by atoms with Gasteiger partial charge in [-0.1, -0.05) is 18.6 Å². The third-order valence-electron chi connectivity index (χ3n) is 5.66. The van der Waals surface area contributed by atoms with Crippen LogP contribution in [0, 0.1) is 5.82 Å². The lowest BCUT2D eigenvalue weighted by Crippen LogP contribution is -2.48. The van der Waals surface area contributed by atoms with Gasteiger partial charge in [0.2, 0.25) is 5.91 Å². The second-order valence-electron chi connectivity index (χ2n) is 7.94. The van der Waals surface area contributed by atoms with Crippen molar-refractivity contribution in [2.75, 3.05) is 39.3 Å². The van der Waals surface area contributed by atoms with Crippen LogP contribution in [0.5, 0.6) is 0 Å². The number of halogens is 1. The number of carboxylic acids is 2. The van der Waals surface area contributed by atoms with Crippen molar-refractivity contribution in [2.45, 2.75) is 44.6 Å². The maximum atomic E-state index is 12.9. The Hall–Kier alpha value is -2.52. The molecule has 0 radical (unpaired) electrons. The molecule has 0 bridgehead atoms. The van der Waals surface area contributed by atoms with E-state index < -0.39 is 11.9 Å². The summed E-state index contributed by atoms with van der Waals surface area (Å²) in [5.41, 5.74) is 1.05. The average molecular weight is 438 g/mol. The van der Waals surface area contributed by atoms with Crippen LogP contribution in [0.1, 0.15) is 37.7 Å². The molecule has 2 aliphatic heterocycles. The zero-order valence-corrected chi connectivity index (χ0v) is 17.8. The minimum atomic E-state index is -1.82. The summed E-state index contributed by atoms with van der Waals surface area (Å²) in [5, 5.41) is 17.8. The molecule has 0 aliphatic carbocycles. The van der Waals surface area contributed by atoms with Crippen molar-refractivity contribution >= 4 is 17.8 Å². The third kappa shape index (κ3) is 9.44. The lowest BCUT2D eigenvalue weighted by Gasteiger charge is -2.40. The number of amides is 1. The number of rotatable bonds is 6. The maximum absolute atomic E-state index is 12.9. The fourth-order valence-electron chi connectivity index (χ4n) is 3.98. The van der Waals surface area contributed by atoms with Gasteiger partial charge in [-0.3, -0.25) is 9.69 Å². The number of benzene rings is 1. The molecule has 172 valence electrons. The average Bonchev–Trinajstić information content (AvgIpc) is 2.77. The van der Waals surface area contributed by atoms with Crippen LogP contribution in [-0.4, -0.2) is 83.2 Å². The molecule has 1 aromatic rings. The Morgan fingerprint density at radius 1 is 0.935 bits per heavy atom. The number of aliphatic carboxylic acids is 2. The van der Waals surface area contributed by atoms with Gasteiger partial charge >= 0.3 is 11.9 Å². The van der Waals surface area contributed by atoms with Gasteiger partial charge in [0, 0.05) is 25.7 Å². The van der Waals surface area contributed by atoms with Gasteiger partial charge in [-0.25, -0.2) is 14.0 Å². The standard InChI is InChI=1S/C20H30FN3O.C2H2O4/c21-18-6-4-17(5-7-18)8-11-22-20(25)16-23-14-9-19(10-15-23)24-12-2-1-3-13-24;3-1(4)2(5)6/h4-7,19H,1-3,8-16H2,(H,22,25);(H,3,4)(H,5,6). The minimum absolute atomic E-state index is 0.0959. The highest BCUT2D eigenvalue weighted by molar-refractivity contribution is 6.27. The molecule has 0 aromatic heterocycles. The molecule has 1 amide bonds. The van der Waals surface area contributed by atoms with Crippen LogP contribution in [-0.2, 0) is 20.8 Å². The van der Waals surface area contributed by atoms with Crippen LogP contribution in [0.4, 0.5) is 4.39 Å². The van der Waals surface area contributed by atoms with E-state index in [0.717, 1.165) is 31.1 Å². The van der Waals surface area contributed by atoms with E-state index in [0.29, 0.717) is 13.1 Å². The predicted octanol–water partition coefficient (Wildman–Crippen LogP) is 1.59. The Morgan fingerprint density at radius 3 is 2.06 bits per heavy atom. The molecule has 0 unspecified atom stereocenters. The number of hydrogen-bond donors (Lipinski definition) is 3. The monoisotopic (exact) mass is 437 g/mol. The Morgan fingerprint density at radius 2 is 1.52 bits per heavy atom. The van der Waals surface area contributed by atoms with Gasteiger partial charge < -0.3 is 20.4 Å². The molecule has 2 fully saturated rings. The molecule has 0 atom stereocenters. The van der Waals surface area contributed by atoms with Crippen LogP contribution < -0.4 is 5.32 Å². The minimum Gasteiger partial charge on any atom is -0.473 e. The SMILES string of the molecule is O=C(CN1CCC(N2CCCCC2)CC1)NCCc1ccc(F)cc1.O=C(O)C(=O)O. The van der Waals surface area contributed by atoms with Gasteiger partial charge in [-0.2, -0.15) is 0 Å². The molecule has 3 N–H and O–H groups in total. The molecule has 0 saturated carbocycles. The summed E-state index contributed by atoms with van der Waals surface area (Å²) in [5.74, 6) is -3.77. The molecule has 2 aliphatic rings. The topological polar surface area (TPSA) is 110 Å². The Labute approximate surface area is 182 Å². The van der Waals surface area contributed by atoms with E-state index >= 15 is 0 Å². The highest BCUT2D eigenvalue weighted by Gasteiger charge is 2.26. The number of carboxylic acid groups (broad SMARTS) is 2. The maximum Gasteiger partial charge on any atom is 0.414 e. The van der Waals surface area contributed by atoms with Gasteiger partial charge in [-0.05, 0) is 62.9 Å². The number of piperidine rings is 2. The first-order valence-corrected chi connectivity index (χ1v) is 10.8. The van der Waals surface area contributed by atoms with Gasteiger partial charge in [0.15, 0.2) is 0 Å². The molecule has 9 heteroatoms. The van der Waals surface area contributed by atoms with Crippen LogP contribution in [0.25, 0.3) is 0 Å². The fourth-order valence-corrected chi connectivity index (χ4v) is 3.98. The molecule has 2 heterocycles. The predicted molar refractivity (Wildman–Crippen MR) is 113 cm³/mol. The number of carbonyl (C=O) groups excluding carboxylic acids is 1. The number of carbonyl (C=O) groups is 3. The molecule has 31 heavy (non-hydrogen) atoms. The second-order valence-corrected chi connectivity index (χ2v) is 7.94. The van der Waals surface area contributed by atoms with Crippen molar-refractivity contribution in [3.63, 3.8) is 0 Å². The molecule has 0 spiro atoms. The van der Waals surface area contributed by atoms with Gasteiger partial charge in [-0.15, -0.1) is 0 Å². The first kappa shape index (κ1) is 24.7. The quantitative estimate of drug-likeness (QED) is 0.580. The van der Waals surface area contributed by atoms with E-state index in [4.69, 9.17) is 19.8 Å². The highest BCUT2D eigenvalue weighted by atomic mass is 19.1. The van der Waals surface area contributed by atoms with Crippen molar-refractivity contribution in [1.82, 2.24) is 15.1 Å². The normalized spacial score (nSPS) is 18.0.